The largest absolute Gasteiger partial charge is 0.393 e. The Hall–Kier alpha value is 0.200. The molecule has 0 amide bonds. The maximum Gasteiger partial charge on any atom is 0.0742 e. The summed E-state index contributed by atoms with van der Waals surface area (Å²) < 4.78 is 0. The average molecular weight is 234 g/mol. The Bertz CT molecular complexity index is 174. The first-order valence-corrected chi connectivity index (χ1v) is 6.82. The van der Waals surface area contributed by atoms with Crippen LogP contribution in [-0.2, 0) is 0 Å². The van der Waals surface area contributed by atoms with E-state index in [-0.39, 0.29) is 0 Å². The van der Waals surface area contributed by atoms with E-state index in [9.17, 15) is 0 Å². The summed E-state index contributed by atoms with van der Waals surface area (Å²) in [5, 5.41) is 0. The van der Waals surface area contributed by atoms with Crippen molar-refractivity contribution in [1.82, 2.24) is 4.90 Å². The van der Waals surface area contributed by atoms with Crippen molar-refractivity contribution >= 4 is 29.0 Å². The van der Waals surface area contributed by atoms with E-state index in [4.69, 9.17) is 18.0 Å². The summed E-state index contributed by atoms with van der Waals surface area (Å²) in [7, 11) is 2.16. The molecule has 0 rings (SSSR count). The summed E-state index contributed by atoms with van der Waals surface area (Å²) in [5.41, 5.74) is 5.55. The Kier molecular flexibility index (Phi) is 7.59. The van der Waals surface area contributed by atoms with Gasteiger partial charge in [-0.3, -0.25) is 4.90 Å². The predicted octanol–water partition coefficient (Wildman–Crippen LogP) is 2.12. The van der Waals surface area contributed by atoms with Gasteiger partial charge in [-0.05, 0) is 26.6 Å². The second-order valence-corrected chi connectivity index (χ2v) is 5.14. The fourth-order valence-corrected chi connectivity index (χ4v) is 2.61. The highest BCUT2D eigenvalue weighted by atomic mass is 32.2. The molecule has 0 aromatic carbocycles. The Morgan fingerprint density at radius 3 is 2.50 bits per heavy atom. The fraction of sp³-hybridized carbons (Fsp3) is 0.900. The quantitative estimate of drug-likeness (QED) is 0.683. The van der Waals surface area contributed by atoms with Crippen LogP contribution in [0.4, 0.5) is 0 Å². The van der Waals surface area contributed by atoms with E-state index in [1.165, 1.54) is 12.2 Å². The third kappa shape index (κ3) is 5.17. The van der Waals surface area contributed by atoms with E-state index in [0.29, 0.717) is 17.1 Å². The first kappa shape index (κ1) is 14.2. The first-order chi connectivity index (χ1) is 6.52. The number of rotatable bonds is 7. The Labute approximate surface area is 97.6 Å². The van der Waals surface area contributed by atoms with Gasteiger partial charge in [0.25, 0.3) is 0 Å². The molecule has 0 bridgehead atoms. The molecular weight excluding hydrogens is 212 g/mol. The SMILES string of the molecule is CCC(CSC)N(C)C(C)CC(N)=S. The van der Waals surface area contributed by atoms with Crippen LogP contribution >= 0.6 is 24.0 Å². The van der Waals surface area contributed by atoms with Gasteiger partial charge in [-0.1, -0.05) is 19.1 Å². The summed E-state index contributed by atoms with van der Waals surface area (Å²) in [4.78, 5) is 3.00. The molecule has 0 aromatic rings. The Balaban J connectivity index is 4.11. The molecule has 84 valence electrons. The van der Waals surface area contributed by atoms with Gasteiger partial charge in [-0.15, -0.1) is 0 Å². The summed E-state index contributed by atoms with van der Waals surface area (Å²) in [6.07, 6.45) is 4.14. The molecule has 0 heterocycles. The van der Waals surface area contributed by atoms with Gasteiger partial charge in [0.1, 0.15) is 0 Å². The lowest BCUT2D eigenvalue weighted by Gasteiger charge is -2.32. The van der Waals surface area contributed by atoms with Gasteiger partial charge in [0.15, 0.2) is 0 Å². The third-order valence-electron chi connectivity index (χ3n) is 2.60. The average Bonchev–Trinajstić information content (AvgIpc) is 2.12. The molecular formula is C10H22N2S2. The zero-order valence-corrected chi connectivity index (χ0v) is 11.3. The van der Waals surface area contributed by atoms with Crippen molar-refractivity contribution in [2.75, 3.05) is 19.1 Å². The van der Waals surface area contributed by atoms with E-state index in [1.54, 1.807) is 0 Å². The van der Waals surface area contributed by atoms with Crippen LogP contribution in [0.15, 0.2) is 0 Å². The minimum Gasteiger partial charge on any atom is -0.393 e. The lowest BCUT2D eigenvalue weighted by molar-refractivity contribution is 0.199. The lowest BCUT2D eigenvalue weighted by atomic mass is 10.1. The molecule has 2 nitrogen and oxygen atoms in total. The highest BCUT2D eigenvalue weighted by molar-refractivity contribution is 7.98. The van der Waals surface area contributed by atoms with Gasteiger partial charge in [0.2, 0.25) is 0 Å². The number of thiocarbonyl (C=S) groups is 1. The smallest absolute Gasteiger partial charge is 0.0742 e. The van der Waals surface area contributed by atoms with E-state index in [1.807, 2.05) is 11.8 Å². The second kappa shape index (κ2) is 7.49. The van der Waals surface area contributed by atoms with Gasteiger partial charge in [-0.2, -0.15) is 11.8 Å². The molecule has 0 aliphatic carbocycles. The summed E-state index contributed by atoms with van der Waals surface area (Å²) >= 11 is 6.82. The third-order valence-corrected chi connectivity index (χ3v) is 3.48. The zero-order valence-electron chi connectivity index (χ0n) is 9.62. The highest BCUT2D eigenvalue weighted by Crippen LogP contribution is 2.13. The van der Waals surface area contributed by atoms with Crippen LogP contribution in [0.1, 0.15) is 26.7 Å². The van der Waals surface area contributed by atoms with Crippen molar-refractivity contribution in [1.29, 1.82) is 0 Å². The van der Waals surface area contributed by atoms with Gasteiger partial charge < -0.3 is 5.73 Å². The van der Waals surface area contributed by atoms with Crippen molar-refractivity contribution < 1.29 is 0 Å². The lowest BCUT2D eigenvalue weighted by Crippen LogP contribution is -2.41. The van der Waals surface area contributed by atoms with Crippen molar-refractivity contribution in [3.63, 3.8) is 0 Å². The monoisotopic (exact) mass is 234 g/mol. The van der Waals surface area contributed by atoms with Gasteiger partial charge in [0, 0.05) is 24.3 Å². The zero-order chi connectivity index (χ0) is 11.1. The first-order valence-electron chi connectivity index (χ1n) is 5.02. The number of nitrogens with zero attached hydrogens (tertiary/aromatic N) is 1. The number of nitrogens with two attached hydrogens (primary N) is 1. The van der Waals surface area contributed by atoms with E-state index >= 15 is 0 Å². The van der Waals surface area contributed by atoms with Crippen LogP contribution < -0.4 is 5.73 Å². The minimum atomic E-state index is 0.449. The van der Waals surface area contributed by atoms with Crippen LogP contribution in [0.3, 0.4) is 0 Å². The molecule has 14 heavy (non-hydrogen) atoms. The molecule has 0 fully saturated rings. The molecule has 0 saturated carbocycles. The van der Waals surface area contributed by atoms with Gasteiger partial charge in [-0.25, -0.2) is 0 Å². The molecule has 2 N–H and O–H groups in total. The summed E-state index contributed by atoms with van der Waals surface area (Å²) in [5.74, 6) is 1.18. The standard InChI is InChI=1S/C10H22N2S2/c1-5-9(7-14-4)12(3)8(2)6-10(11)13/h8-9H,5-7H2,1-4H3,(H2,11,13). The number of hydrogen-bond donors (Lipinski definition) is 1. The molecule has 0 aliphatic rings. The molecule has 0 saturated heterocycles. The van der Waals surface area contributed by atoms with Gasteiger partial charge in [0.05, 0.1) is 4.99 Å². The van der Waals surface area contributed by atoms with Gasteiger partial charge >= 0.3 is 0 Å². The molecule has 0 aliphatic heterocycles. The number of hydrogen-bond acceptors (Lipinski definition) is 3. The second-order valence-electron chi connectivity index (χ2n) is 3.70. The van der Waals surface area contributed by atoms with E-state index in [0.717, 1.165) is 6.42 Å². The number of thioether (sulfide) groups is 1. The van der Waals surface area contributed by atoms with Crippen LogP contribution in [-0.4, -0.2) is 41.0 Å². The molecule has 4 heteroatoms. The van der Waals surface area contributed by atoms with E-state index < -0.39 is 0 Å². The predicted molar refractivity (Wildman–Crippen MR) is 71.1 cm³/mol. The molecule has 0 aromatic heterocycles. The molecule has 2 atom stereocenters. The maximum atomic E-state index is 5.55. The maximum absolute atomic E-state index is 5.55. The van der Waals surface area contributed by atoms with Crippen molar-refractivity contribution in [2.24, 2.45) is 5.73 Å². The Morgan fingerprint density at radius 1 is 1.57 bits per heavy atom. The summed E-state index contributed by atoms with van der Waals surface area (Å²) in [6.45, 7) is 4.41. The fourth-order valence-electron chi connectivity index (χ4n) is 1.51. The normalized spacial score (nSPS) is 15.5. The van der Waals surface area contributed by atoms with Crippen molar-refractivity contribution in [3.05, 3.63) is 0 Å². The minimum absolute atomic E-state index is 0.449. The highest BCUT2D eigenvalue weighted by Gasteiger charge is 2.18. The van der Waals surface area contributed by atoms with E-state index in [2.05, 4.69) is 32.1 Å². The van der Waals surface area contributed by atoms with Crippen molar-refractivity contribution in [3.8, 4) is 0 Å². The van der Waals surface area contributed by atoms with Crippen molar-refractivity contribution in [2.45, 2.75) is 38.8 Å². The molecule has 0 spiro atoms. The molecule has 2 unspecified atom stereocenters. The summed E-state index contributed by atoms with van der Waals surface area (Å²) in [6, 6.07) is 1.08. The van der Waals surface area contributed by atoms with Crippen LogP contribution in [0.25, 0.3) is 0 Å². The topological polar surface area (TPSA) is 29.3 Å². The van der Waals surface area contributed by atoms with Crippen LogP contribution in [0, 0.1) is 0 Å². The molecule has 0 radical (unpaired) electrons. The Morgan fingerprint density at radius 2 is 2.14 bits per heavy atom. The van der Waals surface area contributed by atoms with Crippen LogP contribution in [0.2, 0.25) is 0 Å². The van der Waals surface area contributed by atoms with Crippen LogP contribution in [0.5, 0.6) is 0 Å².